The Labute approximate surface area is 148 Å². The number of hydrogen-bond acceptors (Lipinski definition) is 5. The highest BCUT2D eigenvalue weighted by molar-refractivity contribution is 9.10. The molecule has 0 atom stereocenters. The molecule has 0 aliphatic heterocycles. The molecule has 0 spiro atoms. The van der Waals surface area contributed by atoms with Crippen molar-refractivity contribution in [2.24, 2.45) is 0 Å². The van der Waals surface area contributed by atoms with Crippen LogP contribution in [0.5, 0.6) is 0 Å². The third-order valence-corrected chi connectivity index (χ3v) is 4.30. The molecule has 124 valence electrons. The minimum Gasteiger partial charge on any atom is -0.461 e. The number of ether oxygens (including phenoxy) is 1. The van der Waals surface area contributed by atoms with E-state index in [1.54, 1.807) is 18.4 Å². The van der Waals surface area contributed by atoms with Crippen molar-refractivity contribution in [3.05, 3.63) is 45.8 Å². The van der Waals surface area contributed by atoms with Crippen LogP contribution in [0.15, 0.2) is 28.7 Å². The summed E-state index contributed by atoms with van der Waals surface area (Å²) >= 11 is 3.45. The molecule has 1 aromatic carbocycles. The Morgan fingerprint density at radius 1 is 1.21 bits per heavy atom. The molecule has 0 N–H and O–H groups in total. The van der Waals surface area contributed by atoms with Crippen LogP contribution in [-0.4, -0.2) is 32.4 Å². The van der Waals surface area contributed by atoms with Crippen LogP contribution >= 0.6 is 15.9 Å². The Morgan fingerprint density at radius 3 is 2.54 bits per heavy atom. The molecule has 2 heterocycles. The van der Waals surface area contributed by atoms with Crippen molar-refractivity contribution in [3.63, 3.8) is 0 Å². The first kappa shape index (κ1) is 16.6. The van der Waals surface area contributed by atoms with Crippen LogP contribution in [0.3, 0.4) is 0 Å². The molecule has 6 nitrogen and oxygen atoms in total. The van der Waals surface area contributed by atoms with Crippen LogP contribution in [-0.2, 0) is 11.2 Å². The summed E-state index contributed by atoms with van der Waals surface area (Å²) in [6.45, 7) is 5.89. The molecule has 0 fully saturated rings. The lowest BCUT2D eigenvalue weighted by molar-refractivity contribution is 0.0516. The molecule has 3 rings (SSSR count). The molecule has 0 unspecified atom stereocenters. The summed E-state index contributed by atoms with van der Waals surface area (Å²) in [6.07, 6.45) is 0.753. The Kier molecular flexibility index (Phi) is 4.62. The number of hydrogen-bond donors (Lipinski definition) is 0. The molecule has 0 aliphatic carbocycles. The largest absolute Gasteiger partial charge is 0.461 e. The zero-order chi connectivity index (χ0) is 17.3. The number of benzene rings is 1. The van der Waals surface area contributed by atoms with E-state index < -0.39 is 5.97 Å². The van der Waals surface area contributed by atoms with E-state index in [0.717, 1.165) is 27.7 Å². The highest BCUT2D eigenvalue weighted by Gasteiger charge is 2.21. The third kappa shape index (κ3) is 2.80. The molecule has 0 saturated heterocycles. The molecular formula is C17H17BrN4O2. The van der Waals surface area contributed by atoms with Gasteiger partial charge in [-0.2, -0.15) is 5.10 Å². The van der Waals surface area contributed by atoms with Crippen LogP contribution in [0.4, 0.5) is 0 Å². The lowest BCUT2D eigenvalue weighted by atomic mass is 10.0. The maximum atomic E-state index is 12.0. The van der Waals surface area contributed by atoms with Crippen LogP contribution in [0.2, 0.25) is 0 Å². The van der Waals surface area contributed by atoms with Gasteiger partial charge in [-0.25, -0.2) is 9.31 Å². The molecule has 0 radical (unpaired) electrons. The average molecular weight is 389 g/mol. The van der Waals surface area contributed by atoms with Gasteiger partial charge < -0.3 is 4.74 Å². The lowest BCUT2D eigenvalue weighted by Crippen LogP contribution is -2.14. The Balaban J connectivity index is 2.22. The van der Waals surface area contributed by atoms with Gasteiger partial charge in [-0.05, 0) is 38.0 Å². The summed E-state index contributed by atoms with van der Waals surface area (Å²) in [5, 5.41) is 13.0. The summed E-state index contributed by atoms with van der Waals surface area (Å²) in [5.74, 6) is -0.483. The van der Waals surface area contributed by atoms with E-state index in [2.05, 4.69) is 31.2 Å². The zero-order valence-electron chi connectivity index (χ0n) is 13.7. The molecule has 0 aliphatic rings. The number of aromatic nitrogens is 4. The molecule has 0 saturated carbocycles. The van der Waals surface area contributed by atoms with E-state index in [1.165, 1.54) is 0 Å². The fraction of sp³-hybridized carbons (Fsp3) is 0.294. The molecule has 2 aromatic heterocycles. The van der Waals surface area contributed by atoms with Crippen molar-refractivity contribution in [2.45, 2.75) is 27.2 Å². The Bertz CT molecular complexity index is 903. The summed E-state index contributed by atoms with van der Waals surface area (Å²) in [6, 6.07) is 7.98. The molecule has 0 amide bonds. The van der Waals surface area contributed by atoms with Crippen molar-refractivity contribution in [1.82, 2.24) is 19.8 Å². The van der Waals surface area contributed by atoms with Crippen molar-refractivity contribution in [2.75, 3.05) is 6.61 Å². The van der Waals surface area contributed by atoms with Gasteiger partial charge in [0.25, 0.3) is 0 Å². The third-order valence-electron chi connectivity index (χ3n) is 3.78. The first-order valence-electron chi connectivity index (χ1n) is 7.74. The zero-order valence-corrected chi connectivity index (χ0v) is 15.3. The van der Waals surface area contributed by atoms with Gasteiger partial charge in [0.2, 0.25) is 0 Å². The maximum Gasteiger partial charge on any atom is 0.360 e. The fourth-order valence-corrected chi connectivity index (χ4v) is 2.86. The predicted molar refractivity (Wildman–Crippen MR) is 94.0 cm³/mol. The standard InChI is InChI=1S/C17H17BrN4O2/c1-4-13-14(11-6-8-12(18)9-7-11)16-20-19-15(17(23)24-5-2)10(3)22(16)21-13/h6-9H,4-5H2,1-3H3. The number of rotatable bonds is 4. The second kappa shape index (κ2) is 6.68. The maximum absolute atomic E-state index is 12.0. The van der Waals surface area contributed by atoms with Gasteiger partial charge in [-0.1, -0.05) is 35.0 Å². The second-order valence-electron chi connectivity index (χ2n) is 5.27. The normalized spacial score (nSPS) is 11.0. The summed E-state index contributed by atoms with van der Waals surface area (Å²) < 4.78 is 7.71. The van der Waals surface area contributed by atoms with Gasteiger partial charge in [0.1, 0.15) is 0 Å². The molecular weight excluding hydrogens is 372 g/mol. The Hall–Kier alpha value is -2.28. The molecule has 24 heavy (non-hydrogen) atoms. The van der Waals surface area contributed by atoms with E-state index in [1.807, 2.05) is 31.2 Å². The number of esters is 1. The number of carbonyl (C=O) groups excluding carboxylic acids is 1. The van der Waals surface area contributed by atoms with Crippen LogP contribution in [0.25, 0.3) is 16.8 Å². The van der Waals surface area contributed by atoms with Gasteiger partial charge in [0.05, 0.1) is 23.6 Å². The average Bonchev–Trinajstić information content (AvgIpc) is 2.95. The number of fused-ring (bicyclic) bond motifs is 1. The predicted octanol–water partition coefficient (Wildman–Crippen LogP) is 3.60. The summed E-state index contributed by atoms with van der Waals surface area (Å²) in [7, 11) is 0. The highest BCUT2D eigenvalue weighted by Crippen LogP contribution is 2.29. The first-order valence-corrected chi connectivity index (χ1v) is 8.54. The van der Waals surface area contributed by atoms with Gasteiger partial charge in [-0.3, -0.25) is 0 Å². The van der Waals surface area contributed by atoms with Gasteiger partial charge in [-0.15, -0.1) is 10.2 Å². The SMILES string of the molecule is CCOC(=O)c1nnc2c(-c3ccc(Br)cc3)c(CC)nn2c1C. The first-order chi connectivity index (χ1) is 11.6. The number of aryl methyl sites for hydroxylation is 2. The minimum absolute atomic E-state index is 0.192. The summed E-state index contributed by atoms with van der Waals surface area (Å²) in [4.78, 5) is 12.0. The van der Waals surface area contributed by atoms with Gasteiger partial charge >= 0.3 is 5.97 Å². The smallest absolute Gasteiger partial charge is 0.360 e. The molecule has 7 heteroatoms. The number of carbonyl (C=O) groups is 1. The quantitative estimate of drug-likeness (QED) is 0.638. The fourth-order valence-electron chi connectivity index (χ4n) is 2.60. The van der Waals surface area contributed by atoms with Crippen molar-refractivity contribution >= 4 is 27.5 Å². The number of nitrogens with zero attached hydrogens (tertiary/aromatic N) is 4. The Morgan fingerprint density at radius 2 is 1.92 bits per heavy atom. The van der Waals surface area contributed by atoms with E-state index >= 15 is 0 Å². The topological polar surface area (TPSA) is 69.4 Å². The highest BCUT2D eigenvalue weighted by atomic mass is 79.9. The molecule has 0 bridgehead atoms. The van der Waals surface area contributed by atoms with Gasteiger partial charge in [0.15, 0.2) is 11.3 Å². The van der Waals surface area contributed by atoms with Crippen LogP contribution < -0.4 is 0 Å². The van der Waals surface area contributed by atoms with Crippen molar-refractivity contribution in [3.8, 4) is 11.1 Å². The monoisotopic (exact) mass is 388 g/mol. The second-order valence-corrected chi connectivity index (χ2v) is 6.19. The number of halogens is 1. The van der Waals surface area contributed by atoms with E-state index in [-0.39, 0.29) is 5.69 Å². The van der Waals surface area contributed by atoms with Crippen molar-refractivity contribution in [1.29, 1.82) is 0 Å². The summed E-state index contributed by atoms with van der Waals surface area (Å²) in [5.41, 5.74) is 4.32. The van der Waals surface area contributed by atoms with E-state index in [0.29, 0.717) is 17.9 Å². The lowest BCUT2D eigenvalue weighted by Gasteiger charge is -2.06. The van der Waals surface area contributed by atoms with Crippen LogP contribution in [0.1, 0.15) is 35.7 Å². The van der Waals surface area contributed by atoms with Crippen molar-refractivity contribution < 1.29 is 9.53 Å². The minimum atomic E-state index is -0.483. The van der Waals surface area contributed by atoms with Crippen LogP contribution in [0, 0.1) is 6.92 Å². The molecule has 3 aromatic rings. The van der Waals surface area contributed by atoms with E-state index in [9.17, 15) is 4.79 Å². The van der Waals surface area contributed by atoms with E-state index in [4.69, 9.17) is 4.74 Å². The van der Waals surface area contributed by atoms with Gasteiger partial charge in [0, 0.05) is 4.47 Å².